The van der Waals surface area contributed by atoms with Crippen molar-refractivity contribution in [3.63, 3.8) is 0 Å². The molecule has 2 heterocycles. The number of hydrogen-bond donors (Lipinski definition) is 2. The number of anilines is 2. The van der Waals surface area contributed by atoms with Gasteiger partial charge in [0, 0.05) is 18.4 Å². The minimum atomic E-state index is 0.431. The van der Waals surface area contributed by atoms with Crippen molar-refractivity contribution in [2.75, 3.05) is 11.1 Å². The van der Waals surface area contributed by atoms with Crippen LogP contribution < -0.4 is 11.1 Å². The van der Waals surface area contributed by atoms with Gasteiger partial charge in [-0.15, -0.1) is 0 Å². The standard InChI is InChI=1S/C14H20N4S/c1-3-4-5-10(2)17-14-12(13(15)18-19-14)11-6-8-16-9-7-11/h6-10,17H,3-5H2,1-2H3,(H2,15,18). The van der Waals surface area contributed by atoms with E-state index < -0.39 is 0 Å². The van der Waals surface area contributed by atoms with Crippen LogP contribution in [0.5, 0.6) is 0 Å². The summed E-state index contributed by atoms with van der Waals surface area (Å²) in [5.74, 6) is 0.585. The quantitative estimate of drug-likeness (QED) is 0.842. The smallest absolute Gasteiger partial charge is 0.147 e. The second-order valence-electron chi connectivity index (χ2n) is 4.70. The highest BCUT2D eigenvalue weighted by atomic mass is 32.1. The molecule has 0 saturated carbocycles. The molecule has 0 aliphatic rings. The van der Waals surface area contributed by atoms with Crippen LogP contribution in [0.4, 0.5) is 10.8 Å². The molecule has 3 N–H and O–H groups in total. The normalized spacial score (nSPS) is 12.3. The van der Waals surface area contributed by atoms with E-state index in [4.69, 9.17) is 5.73 Å². The molecule has 1 unspecified atom stereocenters. The van der Waals surface area contributed by atoms with Crippen LogP contribution in [-0.4, -0.2) is 15.4 Å². The van der Waals surface area contributed by atoms with Gasteiger partial charge in [-0.05, 0) is 42.6 Å². The Balaban J connectivity index is 2.19. The number of unbranched alkanes of at least 4 members (excludes halogenated alkanes) is 1. The molecule has 2 rings (SSSR count). The number of nitrogens with one attached hydrogen (secondary N) is 1. The Morgan fingerprint density at radius 2 is 2.11 bits per heavy atom. The molecule has 2 aromatic rings. The predicted molar refractivity (Wildman–Crippen MR) is 82.4 cm³/mol. The first-order chi connectivity index (χ1) is 9.22. The van der Waals surface area contributed by atoms with Crippen molar-refractivity contribution in [2.45, 2.75) is 39.2 Å². The molecular formula is C14H20N4S. The van der Waals surface area contributed by atoms with E-state index in [0.29, 0.717) is 11.9 Å². The predicted octanol–water partition coefficient (Wildman–Crippen LogP) is 3.78. The number of aromatic nitrogens is 2. The molecule has 0 spiro atoms. The highest BCUT2D eigenvalue weighted by molar-refractivity contribution is 7.11. The third-order valence-corrected chi connectivity index (χ3v) is 3.85. The van der Waals surface area contributed by atoms with E-state index in [2.05, 4.69) is 28.5 Å². The second-order valence-corrected chi connectivity index (χ2v) is 5.47. The molecule has 0 aliphatic heterocycles. The van der Waals surface area contributed by atoms with E-state index in [9.17, 15) is 0 Å². The van der Waals surface area contributed by atoms with Crippen molar-refractivity contribution in [1.29, 1.82) is 0 Å². The number of nitrogens with zero attached hydrogens (tertiary/aromatic N) is 2. The van der Waals surface area contributed by atoms with Crippen LogP contribution in [-0.2, 0) is 0 Å². The monoisotopic (exact) mass is 276 g/mol. The summed E-state index contributed by atoms with van der Waals surface area (Å²) in [6.45, 7) is 4.40. The third-order valence-electron chi connectivity index (χ3n) is 3.06. The molecule has 0 fully saturated rings. The zero-order valence-electron chi connectivity index (χ0n) is 11.4. The minimum Gasteiger partial charge on any atom is -0.382 e. The zero-order chi connectivity index (χ0) is 13.7. The number of rotatable bonds is 6. The second kappa shape index (κ2) is 6.52. The average molecular weight is 276 g/mol. The lowest BCUT2D eigenvalue weighted by molar-refractivity contribution is 0.646. The molecule has 4 nitrogen and oxygen atoms in total. The van der Waals surface area contributed by atoms with Crippen LogP contribution in [0.3, 0.4) is 0 Å². The van der Waals surface area contributed by atoms with Gasteiger partial charge in [0.05, 0.1) is 5.56 Å². The molecule has 0 saturated heterocycles. The molecule has 19 heavy (non-hydrogen) atoms. The molecule has 1 atom stereocenters. The van der Waals surface area contributed by atoms with Crippen LogP contribution in [0, 0.1) is 0 Å². The van der Waals surface area contributed by atoms with E-state index in [1.807, 2.05) is 12.1 Å². The maximum absolute atomic E-state index is 5.99. The first-order valence-corrected chi connectivity index (χ1v) is 7.41. The fourth-order valence-electron chi connectivity index (χ4n) is 2.00. The van der Waals surface area contributed by atoms with Crippen LogP contribution in [0.15, 0.2) is 24.5 Å². The van der Waals surface area contributed by atoms with Gasteiger partial charge in [-0.25, -0.2) is 0 Å². The van der Waals surface area contributed by atoms with E-state index in [1.54, 1.807) is 12.4 Å². The van der Waals surface area contributed by atoms with Crippen molar-refractivity contribution >= 4 is 22.4 Å². The van der Waals surface area contributed by atoms with E-state index in [-0.39, 0.29) is 0 Å². The Morgan fingerprint density at radius 3 is 2.79 bits per heavy atom. The Hall–Kier alpha value is -1.62. The van der Waals surface area contributed by atoms with Crippen LogP contribution >= 0.6 is 11.5 Å². The number of pyridine rings is 1. The summed E-state index contributed by atoms with van der Waals surface area (Å²) in [4.78, 5) is 4.04. The van der Waals surface area contributed by atoms with Gasteiger partial charge in [-0.1, -0.05) is 19.8 Å². The minimum absolute atomic E-state index is 0.431. The average Bonchev–Trinajstić information content (AvgIpc) is 2.78. The summed E-state index contributed by atoms with van der Waals surface area (Å²) >= 11 is 1.43. The number of nitrogen functional groups attached to an aromatic ring is 1. The van der Waals surface area contributed by atoms with Gasteiger partial charge in [-0.3, -0.25) is 4.98 Å². The summed E-state index contributed by atoms with van der Waals surface area (Å²) in [5, 5.41) is 4.57. The molecule has 0 bridgehead atoms. The summed E-state index contributed by atoms with van der Waals surface area (Å²) in [5.41, 5.74) is 8.05. The number of nitrogens with two attached hydrogens (primary N) is 1. The zero-order valence-corrected chi connectivity index (χ0v) is 12.2. The van der Waals surface area contributed by atoms with Crippen molar-refractivity contribution in [3.05, 3.63) is 24.5 Å². The van der Waals surface area contributed by atoms with Gasteiger partial charge in [0.25, 0.3) is 0 Å². The van der Waals surface area contributed by atoms with E-state index in [1.165, 1.54) is 24.4 Å². The van der Waals surface area contributed by atoms with Crippen molar-refractivity contribution in [1.82, 2.24) is 9.36 Å². The Morgan fingerprint density at radius 1 is 1.37 bits per heavy atom. The summed E-state index contributed by atoms with van der Waals surface area (Å²) in [6.07, 6.45) is 7.15. The molecule has 0 aromatic carbocycles. The fraction of sp³-hybridized carbons (Fsp3) is 0.429. The maximum Gasteiger partial charge on any atom is 0.147 e. The van der Waals surface area contributed by atoms with Gasteiger partial charge in [0.1, 0.15) is 10.8 Å². The summed E-state index contributed by atoms with van der Waals surface area (Å²) in [6, 6.07) is 4.35. The van der Waals surface area contributed by atoms with Crippen LogP contribution in [0.1, 0.15) is 33.1 Å². The molecule has 0 aliphatic carbocycles. The van der Waals surface area contributed by atoms with E-state index in [0.717, 1.165) is 22.5 Å². The van der Waals surface area contributed by atoms with Gasteiger partial charge in [-0.2, -0.15) is 4.37 Å². The molecule has 102 valence electrons. The highest BCUT2D eigenvalue weighted by Gasteiger charge is 2.15. The summed E-state index contributed by atoms with van der Waals surface area (Å²) < 4.78 is 4.26. The first-order valence-electron chi connectivity index (χ1n) is 6.64. The van der Waals surface area contributed by atoms with Crippen molar-refractivity contribution < 1.29 is 0 Å². The van der Waals surface area contributed by atoms with Gasteiger partial charge in [0.15, 0.2) is 0 Å². The molecule has 2 aromatic heterocycles. The molecule has 0 amide bonds. The van der Waals surface area contributed by atoms with E-state index >= 15 is 0 Å². The van der Waals surface area contributed by atoms with Crippen molar-refractivity contribution in [2.24, 2.45) is 0 Å². The highest BCUT2D eigenvalue weighted by Crippen LogP contribution is 2.36. The van der Waals surface area contributed by atoms with Gasteiger partial charge < -0.3 is 11.1 Å². The molecule has 5 heteroatoms. The van der Waals surface area contributed by atoms with Crippen LogP contribution in [0.2, 0.25) is 0 Å². The molecular weight excluding hydrogens is 256 g/mol. The lowest BCUT2D eigenvalue weighted by Crippen LogP contribution is -2.14. The third kappa shape index (κ3) is 3.44. The maximum atomic E-state index is 5.99. The van der Waals surface area contributed by atoms with Gasteiger partial charge >= 0.3 is 0 Å². The Bertz CT molecular complexity index is 509. The summed E-state index contributed by atoms with van der Waals surface area (Å²) in [7, 11) is 0. The lowest BCUT2D eigenvalue weighted by Gasteiger charge is -2.14. The number of hydrogen-bond acceptors (Lipinski definition) is 5. The SMILES string of the molecule is CCCCC(C)Nc1snc(N)c1-c1ccncc1. The fourth-order valence-corrected chi connectivity index (χ4v) is 2.85. The molecule has 0 radical (unpaired) electrons. The topological polar surface area (TPSA) is 63.8 Å². The first kappa shape index (κ1) is 13.8. The van der Waals surface area contributed by atoms with Crippen LogP contribution in [0.25, 0.3) is 11.1 Å². The van der Waals surface area contributed by atoms with Crippen molar-refractivity contribution in [3.8, 4) is 11.1 Å². The Kier molecular flexibility index (Phi) is 4.74. The Labute approximate surface area is 118 Å². The van der Waals surface area contributed by atoms with Gasteiger partial charge in [0.2, 0.25) is 0 Å². The lowest BCUT2D eigenvalue weighted by atomic mass is 10.1. The largest absolute Gasteiger partial charge is 0.382 e.